The van der Waals surface area contributed by atoms with Crippen LogP contribution in [0.25, 0.3) is 0 Å². The number of halogens is 2. The van der Waals surface area contributed by atoms with Gasteiger partial charge < -0.3 is 4.55 Å². The summed E-state index contributed by atoms with van der Waals surface area (Å²) in [6, 6.07) is 0. The van der Waals surface area contributed by atoms with Gasteiger partial charge in [-0.1, -0.05) is 18.0 Å². The van der Waals surface area contributed by atoms with Gasteiger partial charge in [0.1, 0.15) is 0 Å². The third-order valence-electron chi connectivity index (χ3n) is 1.81. The Kier molecular flexibility index (Phi) is 3.67. The molecule has 11 heavy (non-hydrogen) atoms. The predicted octanol–water partition coefficient (Wildman–Crippen LogP) is -2.09. The van der Waals surface area contributed by atoms with Crippen LogP contribution in [0.3, 0.4) is 0 Å². The largest absolute Gasteiger partial charge is 1.00 e. The van der Waals surface area contributed by atoms with Crippen molar-refractivity contribution in [3.8, 4) is 0 Å². The quantitative estimate of drug-likeness (QED) is 0.372. The molecule has 2 atom stereocenters. The first-order valence-electron chi connectivity index (χ1n) is 2.81. The zero-order valence-corrected chi connectivity index (χ0v) is 9.21. The second kappa shape index (κ2) is 3.38. The summed E-state index contributed by atoms with van der Waals surface area (Å²) in [7, 11) is 0. The Hall–Kier alpha value is 0.970. The predicted molar refractivity (Wildman–Crippen MR) is 31.5 cm³/mol. The summed E-state index contributed by atoms with van der Waals surface area (Å²) in [6.07, 6.45) is -0.298. The molecule has 0 amide bonds. The molecule has 0 aliphatic heterocycles. The molecule has 1 fully saturated rings. The molecule has 0 aromatic heterocycles. The van der Waals surface area contributed by atoms with Crippen molar-refractivity contribution >= 4 is 11.1 Å². The van der Waals surface area contributed by atoms with E-state index in [0.717, 1.165) is 0 Å². The molecule has 60 valence electrons. The van der Waals surface area contributed by atoms with Gasteiger partial charge in [-0.25, -0.2) is 8.78 Å². The Labute approximate surface area is 88.3 Å². The van der Waals surface area contributed by atoms with Gasteiger partial charge in [-0.3, -0.25) is 4.21 Å². The Morgan fingerprint density at radius 3 is 2.09 bits per heavy atom. The molecule has 6 heteroatoms. The van der Waals surface area contributed by atoms with E-state index in [-0.39, 0.29) is 36.0 Å². The van der Waals surface area contributed by atoms with Gasteiger partial charge in [0, 0.05) is 17.6 Å². The molecule has 0 bridgehead atoms. The van der Waals surface area contributed by atoms with Crippen molar-refractivity contribution < 1.29 is 47.1 Å². The SMILES string of the molecule is CC1(CS(=O)[O-])CC1(F)F.[Na+]. The van der Waals surface area contributed by atoms with Crippen LogP contribution in [-0.4, -0.2) is 20.4 Å². The Morgan fingerprint density at radius 2 is 2.00 bits per heavy atom. The van der Waals surface area contributed by atoms with Gasteiger partial charge in [0.15, 0.2) is 0 Å². The van der Waals surface area contributed by atoms with E-state index < -0.39 is 28.2 Å². The Balaban J connectivity index is 0.000001000. The summed E-state index contributed by atoms with van der Waals surface area (Å²) in [4.78, 5) is 0. The third-order valence-corrected chi connectivity index (χ3v) is 2.68. The zero-order valence-electron chi connectivity index (χ0n) is 6.39. The van der Waals surface area contributed by atoms with Crippen LogP contribution in [0.1, 0.15) is 13.3 Å². The molecular weight excluding hydrogens is 185 g/mol. The molecular formula is C5H7F2NaO2S. The molecule has 0 aromatic carbocycles. The van der Waals surface area contributed by atoms with E-state index >= 15 is 0 Å². The maximum atomic E-state index is 12.3. The minimum absolute atomic E-state index is 0. The standard InChI is InChI=1S/C5H8F2O2S.Na/c1-4(3-10(8)9)2-5(4,6)7;/h2-3H2,1H3,(H,8,9);/q;+1/p-1. The van der Waals surface area contributed by atoms with Gasteiger partial charge >= 0.3 is 29.6 Å². The molecule has 0 saturated heterocycles. The topological polar surface area (TPSA) is 40.1 Å². The molecule has 1 aliphatic carbocycles. The average molecular weight is 192 g/mol. The molecule has 0 spiro atoms. The second-order valence-electron chi connectivity index (χ2n) is 2.89. The first-order chi connectivity index (χ1) is 4.37. The van der Waals surface area contributed by atoms with Crippen molar-refractivity contribution in [2.45, 2.75) is 19.3 Å². The van der Waals surface area contributed by atoms with Crippen molar-refractivity contribution in [2.75, 3.05) is 5.75 Å². The van der Waals surface area contributed by atoms with Gasteiger partial charge in [0.05, 0.1) is 0 Å². The average Bonchev–Trinajstić information content (AvgIpc) is 2.01. The molecule has 0 radical (unpaired) electrons. The fourth-order valence-electron chi connectivity index (χ4n) is 0.863. The van der Waals surface area contributed by atoms with Crippen LogP contribution in [0.15, 0.2) is 0 Å². The van der Waals surface area contributed by atoms with Crippen molar-refractivity contribution in [3.63, 3.8) is 0 Å². The second-order valence-corrected chi connectivity index (χ2v) is 3.79. The zero-order chi connectivity index (χ0) is 7.99. The fourth-order valence-corrected chi connectivity index (χ4v) is 1.70. The monoisotopic (exact) mass is 192 g/mol. The van der Waals surface area contributed by atoms with Gasteiger partial charge in [-0.15, -0.1) is 0 Å². The van der Waals surface area contributed by atoms with Gasteiger partial charge in [0.25, 0.3) is 5.92 Å². The van der Waals surface area contributed by atoms with Crippen LogP contribution in [0.5, 0.6) is 0 Å². The summed E-state index contributed by atoms with van der Waals surface area (Å²) < 4.78 is 44.6. The van der Waals surface area contributed by atoms with E-state index in [1.807, 2.05) is 0 Å². The van der Waals surface area contributed by atoms with E-state index in [2.05, 4.69) is 0 Å². The van der Waals surface area contributed by atoms with E-state index in [0.29, 0.717) is 0 Å². The van der Waals surface area contributed by atoms with Crippen molar-refractivity contribution in [2.24, 2.45) is 5.41 Å². The van der Waals surface area contributed by atoms with Gasteiger partial charge in [-0.2, -0.15) is 0 Å². The smallest absolute Gasteiger partial charge is 0.772 e. The molecule has 0 aromatic rings. The minimum atomic E-state index is -2.76. The molecule has 0 heterocycles. The Morgan fingerprint density at radius 1 is 1.64 bits per heavy atom. The summed E-state index contributed by atoms with van der Waals surface area (Å²) in [6.45, 7) is 1.28. The van der Waals surface area contributed by atoms with Crippen LogP contribution >= 0.6 is 0 Å². The van der Waals surface area contributed by atoms with Crippen molar-refractivity contribution in [1.29, 1.82) is 0 Å². The van der Waals surface area contributed by atoms with E-state index in [9.17, 15) is 17.5 Å². The summed E-state index contributed by atoms with van der Waals surface area (Å²) in [5.74, 6) is -3.19. The van der Waals surface area contributed by atoms with Crippen molar-refractivity contribution in [3.05, 3.63) is 0 Å². The van der Waals surface area contributed by atoms with Crippen LogP contribution in [-0.2, 0) is 11.1 Å². The molecule has 2 nitrogen and oxygen atoms in total. The van der Waals surface area contributed by atoms with E-state index in [1.54, 1.807) is 0 Å². The molecule has 1 aliphatic rings. The van der Waals surface area contributed by atoms with Crippen LogP contribution in [0.4, 0.5) is 8.78 Å². The summed E-state index contributed by atoms with van der Waals surface area (Å²) >= 11 is -2.35. The van der Waals surface area contributed by atoms with Gasteiger partial charge in [-0.05, 0) is 0 Å². The molecule has 2 unspecified atom stereocenters. The molecule has 0 N–H and O–H groups in total. The summed E-state index contributed by atoms with van der Waals surface area (Å²) in [5.41, 5.74) is -1.28. The first kappa shape index (κ1) is 12.0. The number of rotatable bonds is 2. The maximum Gasteiger partial charge on any atom is 1.00 e. The first-order valence-corrected chi connectivity index (χ1v) is 4.05. The Bertz CT molecular complexity index is 187. The van der Waals surface area contributed by atoms with Crippen molar-refractivity contribution in [1.82, 2.24) is 0 Å². The molecule has 1 saturated carbocycles. The third kappa shape index (κ3) is 2.45. The number of hydrogen-bond acceptors (Lipinski definition) is 2. The van der Waals surface area contributed by atoms with Gasteiger partial charge in [0.2, 0.25) is 0 Å². The van der Waals surface area contributed by atoms with Crippen LogP contribution in [0, 0.1) is 5.41 Å². The fraction of sp³-hybridized carbons (Fsp3) is 1.00. The number of hydrogen-bond donors (Lipinski definition) is 0. The normalized spacial score (nSPS) is 35.6. The summed E-state index contributed by atoms with van der Waals surface area (Å²) in [5, 5.41) is 0. The van der Waals surface area contributed by atoms with E-state index in [1.165, 1.54) is 6.92 Å². The van der Waals surface area contributed by atoms with Crippen LogP contribution in [0.2, 0.25) is 0 Å². The maximum absolute atomic E-state index is 12.3. The van der Waals surface area contributed by atoms with E-state index in [4.69, 9.17) is 0 Å². The van der Waals surface area contributed by atoms with Crippen LogP contribution < -0.4 is 29.6 Å². The minimum Gasteiger partial charge on any atom is -0.772 e. The number of alkyl halides is 2. The molecule has 1 rings (SSSR count).